The number of fused-ring (bicyclic) bond motifs is 2. The fourth-order valence-electron chi connectivity index (χ4n) is 7.93. The monoisotopic (exact) mass is 970 g/mol. The summed E-state index contributed by atoms with van der Waals surface area (Å²) in [5.41, 5.74) is 8.05. The highest BCUT2D eigenvalue weighted by molar-refractivity contribution is 6.31. The van der Waals surface area contributed by atoms with Crippen molar-refractivity contribution in [2.45, 2.75) is 13.8 Å². The number of carbonyl (C=O) groups is 4. The third-order valence-corrected chi connectivity index (χ3v) is 12.3. The Bertz CT molecular complexity index is 3200. The highest BCUT2D eigenvalue weighted by Gasteiger charge is 2.24. The van der Waals surface area contributed by atoms with Gasteiger partial charge in [-0.1, -0.05) is 35.3 Å². The van der Waals surface area contributed by atoms with Crippen molar-refractivity contribution in [3.8, 4) is 0 Å². The van der Waals surface area contributed by atoms with Gasteiger partial charge in [0.25, 0.3) is 23.6 Å². The molecule has 69 heavy (non-hydrogen) atoms. The van der Waals surface area contributed by atoms with E-state index in [2.05, 4.69) is 88.2 Å². The maximum absolute atomic E-state index is 12.9. The van der Waals surface area contributed by atoms with Crippen molar-refractivity contribution in [1.82, 2.24) is 50.1 Å². The number of rotatable bonds is 10. The fraction of sp³-hybridized carbons (Fsp3) is 0.234. The van der Waals surface area contributed by atoms with E-state index in [4.69, 9.17) is 23.2 Å². The Balaban J connectivity index is 0.000000172. The van der Waals surface area contributed by atoms with Crippen molar-refractivity contribution in [3.05, 3.63) is 129 Å². The third kappa shape index (κ3) is 10.7. The SMILES string of the molecule is Cc1ccc(Cl)cc1NC(=O)c1nc[nH]c1C(=O)Nc1nc2ccc(N3CCN(C)CC3)cc2[nH]1.Cc1ccc(Cl)cc1NC(=O)c1nc[nH]c1C(=O)Nc1nc2ccc(N3CCNCC3)cc2[nH]1. The Morgan fingerprint density at radius 1 is 0.551 bits per heavy atom. The van der Waals surface area contributed by atoms with Crippen molar-refractivity contribution in [2.75, 3.05) is 90.5 Å². The number of hydrogen-bond acceptors (Lipinski definition) is 12. The molecule has 2 aliphatic heterocycles. The molecule has 2 saturated heterocycles. The number of aromatic amines is 4. The number of carbonyl (C=O) groups excluding carboxylic acids is 4. The number of benzene rings is 4. The highest BCUT2D eigenvalue weighted by atomic mass is 35.5. The maximum Gasteiger partial charge on any atom is 0.276 e. The average molecular weight is 972 g/mol. The van der Waals surface area contributed by atoms with Crippen LogP contribution in [-0.4, -0.2) is 128 Å². The summed E-state index contributed by atoms with van der Waals surface area (Å²) in [6, 6.07) is 22.3. The van der Waals surface area contributed by atoms with Gasteiger partial charge >= 0.3 is 0 Å². The molecule has 8 aromatic rings. The standard InChI is InChI=1S/C24H25ClN8O2.C23H23ClN8O2/c1-14-3-4-15(25)11-18(14)28-22(34)20-21(27-13-26-20)23(35)31-24-29-17-6-5-16(12-19(17)30-24)33-9-7-32(2)8-10-33;1-13-2-3-14(24)10-17(13)28-21(33)19-20(27-12-26-19)22(34)31-23-29-16-5-4-15(11-18(16)30-23)32-8-6-25-7-9-32/h3-6,11-13H,7-10H2,1-2H3,(H,26,27)(H,28,34)(H2,29,30,31,35);2-5,10-12,25H,6-9H2,1H3,(H,26,27)(H,28,33)(H2,29,30,31,34). The first-order chi connectivity index (χ1) is 33.3. The predicted molar refractivity (Wildman–Crippen MR) is 268 cm³/mol. The topological polar surface area (TPSA) is 253 Å². The van der Waals surface area contributed by atoms with Crippen LogP contribution in [0.4, 0.5) is 34.6 Å². The number of hydrogen-bond donors (Lipinski definition) is 9. The number of H-pyrrole nitrogens is 4. The van der Waals surface area contributed by atoms with Crippen molar-refractivity contribution >= 4 is 104 Å². The van der Waals surface area contributed by atoms with Crippen LogP contribution in [0, 0.1) is 13.8 Å². The number of amides is 4. The molecule has 0 saturated carbocycles. The van der Waals surface area contributed by atoms with Gasteiger partial charge in [-0.2, -0.15) is 0 Å². The summed E-state index contributed by atoms with van der Waals surface area (Å²) in [5.74, 6) is -1.55. The van der Waals surface area contributed by atoms with Gasteiger partial charge in [-0.05, 0) is 92.7 Å². The molecule has 0 unspecified atom stereocenters. The Morgan fingerprint density at radius 2 is 1.00 bits per heavy atom. The molecular formula is C47H48Cl2N16O4. The zero-order valence-electron chi connectivity index (χ0n) is 37.8. The minimum absolute atomic E-state index is 0.0270. The van der Waals surface area contributed by atoms with E-state index in [1.165, 1.54) is 12.7 Å². The number of anilines is 6. The summed E-state index contributed by atoms with van der Waals surface area (Å²) < 4.78 is 0. The molecule has 354 valence electrons. The molecule has 10 rings (SSSR count). The van der Waals surface area contributed by atoms with Gasteiger partial charge in [-0.15, -0.1) is 0 Å². The second-order valence-electron chi connectivity index (χ2n) is 16.6. The molecule has 22 heteroatoms. The Morgan fingerprint density at radius 3 is 1.46 bits per heavy atom. The van der Waals surface area contributed by atoms with Crippen molar-refractivity contribution in [2.24, 2.45) is 0 Å². The van der Waals surface area contributed by atoms with Gasteiger partial charge in [-0.3, -0.25) is 29.8 Å². The number of aromatic nitrogens is 8. The van der Waals surface area contributed by atoms with Crippen LogP contribution < -0.4 is 36.4 Å². The van der Waals surface area contributed by atoms with E-state index in [-0.39, 0.29) is 34.7 Å². The first-order valence-corrected chi connectivity index (χ1v) is 22.8. The van der Waals surface area contributed by atoms with Crippen LogP contribution in [0.25, 0.3) is 22.1 Å². The Hall–Kier alpha value is -7.78. The van der Waals surface area contributed by atoms with Crippen molar-refractivity contribution in [3.63, 3.8) is 0 Å². The number of halogens is 2. The first-order valence-electron chi connectivity index (χ1n) is 22.1. The fourth-order valence-corrected chi connectivity index (χ4v) is 8.28. The predicted octanol–water partition coefficient (Wildman–Crippen LogP) is 6.67. The van der Waals surface area contributed by atoms with Gasteiger partial charge < -0.3 is 50.6 Å². The number of piperazine rings is 2. The molecule has 20 nitrogen and oxygen atoms in total. The van der Waals surface area contributed by atoms with Gasteiger partial charge in [-0.25, -0.2) is 19.9 Å². The van der Waals surface area contributed by atoms with Crippen LogP contribution in [0.3, 0.4) is 0 Å². The van der Waals surface area contributed by atoms with E-state index >= 15 is 0 Å². The second kappa shape index (κ2) is 20.2. The molecular weight excluding hydrogens is 924 g/mol. The van der Waals surface area contributed by atoms with Crippen LogP contribution >= 0.6 is 23.2 Å². The molecule has 4 aromatic carbocycles. The number of aryl methyl sites for hydroxylation is 2. The summed E-state index contributed by atoms with van der Waals surface area (Å²) in [6.07, 6.45) is 2.60. The largest absolute Gasteiger partial charge is 0.369 e. The van der Waals surface area contributed by atoms with E-state index < -0.39 is 23.6 Å². The minimum Gasteiger partial charge on any atom is -0.369 e. The summed E-state index contributed by atoms with van der Waals surface area (Å²) in [7, 11) is 2.12. The van der Waals surface area contributed by atoms with Gasteiger partial charge in [0.1, 0.15) is 11.4 Å². The van der Waals surface area contributed by atoms with E-state index in [0.29, 0.717) is 21.4 Å². The number of nitrogens with zero attached hydrogens (tertiary/aromatic N) is 7. The smallest absolute Gasteiger partial charge is 0.276 e. The summed E-state index contributed by atoms with van der Waals surface area (Å²) in [5, 5.41) is 15.3. The Kier molecular flexibility index (Phi) is 13.6. The van der Waals surface area contributed by atoms with Gasteiger partial charge in [0, 0.05) is 85.2 Å². The van der Waals surface area contributed by atoms with E-state index in [1.807, 2.05) is 50.2 Å². The lowest BCUT2D eigenvalue weighted by Gasteiger charge is -2.34. The molecule has 4 amide bonds. The van der Waals surface area contributed by atoms with E-state index in [9.17, 15) is 19.2 Å². The van der Waals surface area contributed by atoms with Crippen LogP contribution in [0.2, 0.25) is 10.0 Å². The molecule has 0 bridgehead atoms. The van der Waals surface area contributed by atoms with E-state index in [1.54, 1.807) is 36.4 Å². The van der Waals surface area contributed by atoms with Crippen LogP contribution in [0.15, 0.2) is 85.5 Å². The molecule has 6 heterocycles. The molecule has 4 aromatic heterocycles. The van der Waals surface area contributed by atoms with Crippen molar-refractivity contribution < 1.29 is 19.2 Å². The van der Waals surface area contributed by atoms with Crippen LogP contribution in [-0.2, 0) is 0 Å². The molecule has 2 aliphatic rings. The number of likely N-dealkylation sites (N-methyl/N-ethyl adjacent to an activating group) is 1. The third-order valence-electron chi connectivity index (χ3n) is 11.8. The van der Waals surface area contributed by atoms with Gasteiger partial charge in [0.05, 0.1) is 34.7 Å². The zero-order valence-corrected chi connectivity index (χ0v) is 39.3. The quantitative estimate of drug-likeness (QED) is 0.0697. The number of imidazole rings is 4. The molecule has 2 fully saturated rings. The molecule has 0 aliphatic carbocycles. The zero-order chi connectivity index (χ0) is 48.2. The molecule has 0 atom stereocenters. The van der Waals surface area contributed by atoms with Crippen molar-refractivity contribution in [1.29, 1.82) is 0 Å². The van der Waals surface area contributed by atoms with Gasteiger partial charge in [0.15, 0.2) is 11.4 Å². The first kappa shape index (κ1) is 46.3. The number of nitrogens with one attached hydrogen (secondary N) is 9. The lowest BCUT2D eigenvalue weighted by molar-refractivity contribution is 0.0985. The van der Waals surface area contributed by atoms with E-state index in [0.717, 1.165) is 96.9 Å². The molecule has 0 radical (unpaired) electrons. The molecule has 9 N–H and O–H groups in total. The summed E-state index contributed by atoms with van der Waals surface area (Å²) in [4.78, 5) is 87.1. The Labute approximate surface area is 405 Å². The summed E-state index contributed by atoms with van der Waals surface area (Å²) in [6.45, 7) is 11.4. The van der Waals surface area contributed by atoms with Crippen LogP contribution in [0.1, 0.15) is 53.1 Å². The maximum atomic E-state index is 12.9. The highest BCUT2D eigenvalue weighted by Crippen LogP contribution is 2.26. The van der Waals surface area contributed by atoms with Gasteiger partial charge in [0.2, 0.25) is 11.9 Å². The lowest BCUT2D eigenvalue weighted by Crippen LogP contribution is -2.44. The molecule has 0 spiro atoms. The summed E-state index contributed by atoms with van der Waals surface area (Å²) >= 11 is 12.1. The second-order valence-corrected chi connectivity index (χ2v) is 17.5. The normalized spacial score (nSPS) is 14.0. The lowest BCUT2D eigenvalue weighted by atomic mass is 10.2. The van der Waals surface area contributed by atoms with Crippen LogP contribution in [0.5, 0.6) is 0 Å². The average Bonchev–Trinajstić information content (AvgIpc) is 4.18. The minimum atomic E-state index is -0.535.